The summed E-state index contributed by atoms with van der Waals surface area (Å²) in [5.41, 5.74) is 5.12. The van der Waals surface area contributed by atoms with Crippen molar-refractivity contribution in [3.63, 3.8) is 0 Å². The molecule has 1 fully saturated rings. The third kappa shape index (κ3) is 11.7. The number of esters is 1. The lowest BCUT2D eigenvalue weighted by Gasteiger charge is -2.33. The van der Waals surface area contributed by atoms with Crippen molar-refractivity contribution >= 4 is 23.9 Å². The van der Waals surface area contributed by atoms with Gasteiger partial charge in [0.2, 0.25) is 5.76 Å². The summed E-state index contributed by atoms with van der Waals surface area (Å²) in [5.74, 6) is -3.31. The molecule has 0 aliphatic carbocycles. The van der Waals surface area contributed by atoms with Crippen LogP contribution in [0.3, 0.4) is 0 Å². The van der Waals surface area contributed by atoms with Crippen molar-refractivity contribution in [1.29, 1.82) is 0 Å². The van der Waals surface area contributed by atoms with Crippen LogP contribution in [0, 0.1) is 5.41 Å². The average molecular weight is 516 g/mol. The lowest BCUT2D eigenvalue weighted by Crippen LogP contribution is -2.48. The molecule has 1 saturated heterocycles. The number of carboxylic acids is 1. The first-order valence-electron chi connectivity index (χ1n) is 11.9. The van der Waals surface area contributed by atoms with E-state index in [9.17, 15) is 14.4 Å². The van der Waals surface area contributed by atoms with Crippen LogP contribution in [0.5, 0.6) is 0 Å². The number of amides is 1. The van der Waals surface area contributed by atoms with Gasteiger partial charge in [0.1, 0.15) is 5.60 Å². The van der Waals surface area contributed by atoms with Crippen molar-refractivity contribution in [2.75, 3.05) is 27.4 Å². The van der Waals surface area contributed by atoms with Crippen LogP contribution in [-0.4, -0.2) is 79.2 Å². The van der Waals surface area contributed by atoms with Gasteiger partial charge in [-0.3, -0.25) is 0 Å². The molecular weight excluding hydrogens is 474 g/mol. The van der Waals surface area contributed by atoms with E-state index in [1.54, 1.807) is 20.8 Å². The second kappa shape index (κ2) is 14.0. The number of methoxy groups -OCH3 is 1. The normalized spacial score (nSPS) is 18.2. The Kier molecular flexibility index (Phi) is 12.1. The van der Waals surface area contributed by atoms with Crippen molar-refractivity contribution in [1.82, 2.24) is 4.90 Å². The maximum atomic E-state index is 12.7. The second-order valence-corrected chi connectivity index (χ2v) is 10.4. The van der Waals surface area contributed by atoms with Crippen LogP contribution in [-0.2, 0) is 33.4 Å². The highest BCUT2D eigenvalue weighted by atomic mass is 16.7. The zero-order valence-electron chi connectivity index (χ0n) is 22.4. The summed E-state index contributed by atoms with van der Waals surface area (Å²) in [6, 6.07) is -0.784. The topological polar surface area (TPSA) is 159 Å². The third-order valence-corrected chi connectivity index (χ3v) is 5.27. The molecule has 12 nitrogen and oxygen atoms in total. The number of rotatable bonds is 12. The van der Waals surface area contributed by atoms with Crippen LogP contribution in [0.1, 0.15) is 66.7 Å². The fourth-order valence-corrected chi connectivity index (χ4v) is 3.26. The molecule has 12 heteroatoms. The highest BCUT2D eigenvalue weighted by Gasteiger charge is 2.31. The van der Waals surface area contributed by atoms with Gasteiger partial charge in [-0.05, 0) is 58.3 Å². The number of carbonyl (C=O) groups is 3. The molecule has 0 aromatic rings. The molecule has 0 spiro atoms. The molecule has 2 unspecified atom stereocenters. The molecular formula is C24H41N3O9. The van der Waals surface area contributed by atoms with Crippen LogP contribution in [0.25, 0.3) is 0 Å². The second-order valence-electron chi connectivity index (χ2n) is 10.4. The van der Waals surface area contributed by atoms with Gasteiger partial charge in [0.15, 0.2) is 12.1 Å². The Morgan fingerprint density at radius 3 is 2.42 bits per heavy atom. The number of amidine groups is 1. The Hall–Kier alpha value is -2.86. The number of carbonyl (C=O) groups excluding carboxylic acids is 2. The number of nitrogens with zero attached hydrogens (tertiary/aromatic N) is 2. The smallest absolute Gasteiger partial charge is 0.410 e. The van der Waals surface area contributed by atoms with E-state index in [1.807, 2.05) is 13.8 Å². The predicted octanol–water partition coefficient (Wildman–Crippen LogP) is 3.00. The molecule has 0 aromatic carbocycles. The zero-order valence-corrected chi connectivity index (χ0v) is 22.4. The molecule has 1 aliphatic heterocycles. The fraction of sp³-hybridized carbons (Fsp3) is 0.750. The fourth-order valence-electron chi connectivity index (χ4n) is 3.26. The van der Waals surface area contributed by atoms with Crippen molar-refractivity contribution < 1.29 is 43.3 Å². The zero-order chi connectivity index (χ0) is 27.5. The molecule has 206 valence electrons. The van der Waals surface area contributed by atoms with Gasteiger partial charge in [-0.25, -0.2) is 14.4 Å². The van der Waals surface area contributed by atoms with Gasteiger partial charge in [-0.1, -0.05) is 19.0 Å². The van der Waals surface area contributed by atoms with Gasteiger partial charge < -0.3 is 39.5 Å². The van der Waals surface area contributed by atoms with E-state index in [4.69, 9.17) is 29.9 Å². The molecule has 0 radical (unpaired) electrons. The molecule has 0 bridgehead atoms. The van der Waals surface area contributed by atoms with Gasteiger partial charge in [0, 0.05) is 13.7 Å². The molecule has 1 aliphatic rings. The first-order valence-corrected chi connectivity index (χ1v) is 11.9. The van der Waals surface area contributed by atoms with Crippen molar-refractivity contribution in [2.45, 2.75) is 84.7 Å². The lowest BCUT2D eigenvalue weighted by molar-refractivity contribution is -0.176. The molecule has 36 heavy (non-hydrogen) atoms. The van der Waals surface area contributed by atoms with E-state index in [1.165, 1.54) is 11.9 Å². The summed E-state index contributed by atoms with van der Waals surface area (Å²) in [5, 5.41) is 12.7. The minimum Gasteiger partial charge on any atom is -0.478 e. The molecule has 2 atom stereocenters. The number of oxime groups is 1. The number of nitrogens with two attached hydrogens (primary N) is 1. The summed E-state index contributed by atoms with van der Waals surface area (Å²) in [6.07, 6.45) is 3.51. The van der Waals surface area contributed by atoms with Crippen molar-refractivity contribution in [2.24, 2.45) is 16.3 Å². The Balaban J connectivity index is 3.03. The standard InChI is InChI=1S/C24H41N3O9/c1-23(2,3)35-22(31)27(6)16(20(25)26-36-17(14-18(28)29)21(30)32-7)11-12-24(4,5)15-34-19-10-8-9-13-33-19/h14,16,19H,8-13,15H2,1-7H3,(H2,25,26)(H,28,29)/b17-14+. The highest BCUT2D eigenvalue weighted by molar-refractivity contribution is 5.94. The van der Waals surface area contributed by atoms with Crippen molar-refractivity contribution in [3.8, 4) is 0 Å². The van der Waals surface area contributed by atoms with E-state index < -0.39 is 35.4 Å². The summed E-state index contributed by atoms with van der Waals surface area (Å²) in [7, 11) is 2.57. The largest absolute Gasteiger partial charge is 0.478 e. The molecule has 0 aromatic heterocycles. The van der Waals surface area contributed by atoms with Crippen LogP contribution >= 0.6 is 0 Å². The SMILES string of the molecule is COC(=O)/C(=C\C(=O)O)O/N=C(\N)C(CCC(C)(C)COC1CCCCO1)N(C)C(=O)OC(C)(C)C. The summed E-state index contributed by atoms with van der Waals surface area (Å²) in [6.45, 7) is 10.4. The predicted molar refractivity (Wildman–Crippen MR) is 131 cm³/mol. The van der Waals surface area contributed by atoms with E-state index in [-0.39, 0.29) is 17.5 Å². The Morgan fingerprint density at radius 2 is 1.89 bits per heavy atom. The minimum atomic E-state index is -1.43. The van der Waals surface area contributed by atoms with Gasteiger partial charge in [0.25, 0.3) is 0 Å². The molecule has 1 heterocycles. The van der Waals surface area contributed by atoms with E-state index in [0.29, 0.717) is 32.1 Å². The van der Waals surface area contributed by atoms with Crippen LogP contribution in [0.2, 0.25) is 0 Å². The van der Waals surface area contributed by atoms with Gasteiger partial charge in [-0.2, -0.15) is 0 Å². The number of carboxylic acid groups (broad SMARTS) is 1. The monoisotopic (exact) mass is 515 g/mol. The first-order chi connectivity index (χ1) is 16.6. The van der Waals surface area contributed by atoms with Gasteiger partial charge in [0.05, 0.1) is 25.8 Å². The average Bonchev–Trinajstić information content (AvgIpc) is 2.79. The molecule has 1 amide bonds. The lowest BCUT2D eigenvalue weighted by atomic mass is 9.86. The summed E-state index contributed by atoms with van der Waals surface area (Å²) in [4.78, 5) is 41.8. The minimum absolute atomic E-state index is 0.157. The number of hydrogen-bond acceptors (Lipinski definition) is 9. The third-order valence-electron chi connectivity index (χ3n) is 5.27. The summed E-state index contributed by atoms with van der Waals surface area (Å²) < 4.78 is 21.5. The van der Waals surface area contributed by atoms with Crippen LogP contribution < -0.4 is 5.73 Å². The maximum Gasteiger partial charge on any atom is 0.410 e. The maximum absolute atomic E-state index is 12.7. The number of aliphatic carboxylic acids is 1. The van der Waals surface area contributed by atoms with E-state index >= 15 is 0 Å². The van der Waals surface area contributed by atoms with Crippen LogP contribution in [0.4, 0.5) is 4.79 Å². The quantitative estimate of drug-likeness (QED) is 0.0987. The summed E-state index contributed by atoms with van der Waals surface area (Å²) >= 11 is 0. The highest BCUT2D eigenvalue weighted by Crippen LogP contribution is 2.27. The number of likely N-dealkylation sites (N-methyl/N-ethyl adjacent to an activating group) is 1. The molecule has 3 N–H and O–H groups in total. The number of ether oxygens (including phenoxy) is 4. The molecule has 0 saturated carbocycles. The van der Waals surface area contributed by atoms with E-state index in [2.05, 4.69) is 9.89 Å². The van der Waals surface area contributed by atoms with Crippen LogP contribution in [0.15, 0.2) is 17.0 Å². The van der Waals surface area contributed by atoms with Crippen molar-refractivity contribution in [3.05, 3.63) is 11.8 Å². The first kappa shape index (κ1) is 31.2. The Bertz CT molecular complexity index is 812. The number of hydrogen-bond donors (Lipinski definition) is 2. The van der Waals surface area contributed by atoms with Gasteiger partial charge in [-0.15, -0.1) is 0 Å². The molecule has 1 rings (SSSR count). The Labute approximate surface area is 212 Å². The Morgan fingerprint density at radius 1 is 1.22 bits per heavy atom. The van der Waals surface area contributed by atoms with E-state index in [0.717, 1.165) is 26.4 Å². The van der Waals surface area contributed by atoms with Gasteiger partial charge >= 0.3 is 18.0 Å².